The zero-order chi connectivity index (χ0) is 16.5. The number of methoxy groups -OCH3 is 2. The molecule has 0 aliphatic heterocycles. The van der Waals surface area contributed by atoms with Crippen molar-refractivity contribution in [3.05, 3.63) is 29.8 Å². The number of rotatable bonds is 8. The molecule has 0 spiro atoms. The average molecular weight is 308 g/mol. The van der Waals surface area contributed by atoms with Crippen LogP contribution < -0.4 is 4.90 Å². The summed E-state index contributed by atoms with van der Waals surface area (Å²) in [4.78, 5) is 27.5. The molecule has 122 valence electrons. The van der Waals surface area contributed by atoms with Crippen molar-refractivity contribution in [2.24, 2.45) is 0 Å². The van der Waals surface area contributed by atoms with Crippen molar-refractivity contribution in [2.75, 3.05) is 52.9 Å². The second-order valence-electron chi connectivity index (χ2n) is 5.06. The fourth-order valence-electron chi connectivity index (χ4n) is 1.94. The summed E-state index contributed by atoms with van der Waals surface area (Å²) in [5, 5.41) is 0. The number of esters is 1. The third-order valence-electron chi connectivity index (χ3n) is 3.28. The largest absolute Gasteiger partial charge is 0.469 e. The molecular weight excluding hydrogens is 284 g/mol. The predicted molar refractivity (Wildman–Crippen MR) is 85.2 cm³/mol. The van der Waals surface area contributed by atoms with Crippen LogP contribution in [0.5, 0.6) is 0 Å². The van der Waals surface area contributed by atoms with Crippen LogP contribution in [-0.4, -0.2) is 64.8 Å². The van der Waals surface area contributed by atoms with E-state index in [0.717, 1.165) is 5.69 Å². The Morgan fingerprint density at radius 3 is 2.45 bits per heavy atom. The molecule has 1 amide bonds. The molecule has 1 aromatic rings. The van der Waals surface area contributed by atoms with Crippen molar-refractivity contribution in [2.45, 2.75) is 6.42 Å². The first kappa shape index (κ1) is 18.0. The normalized spacial score (nSPS) is 10.2. The summed E-state index contributed by atoms with van der Waals surface area (Å²) in [6, 6.07) is 7.38. The zero-order valence-electron chi connectivity index (χ0n) is 13.7. The Kier molecular flexibility index (Phi) is 7.39. The predicted octanol–water partition coefficient (Wildman–Crippen LogP) is 1.40. The van der Waals surface area contributed by atoms with Gasteiger partial charge in [-0.15, -0.1) is 0 Å². The maximum absolute atomic E-state index is 12.6. The Hall–Kier alpha value is -2.08. The number of benzene rings is 1. The molecule has 0 aliphatic rings. The van der Waals surface area contributed by atoms with Gasteiger partial charge in [-0.05, 0) is 18.2 Å². The smallest absolute Gasteiger partial charge is 0.307 e. The molecule has 6 nitrogen and oxygen atoms in total. The van der Waals surface area contributed by atoms with Gasteiger partial charge in [-0.1, -0.05) is 6.07 Å². The second-order valence-corrected chi connectivity index (χ2v) is 5.06. The summed E-state index contributed by atoms with van der Waals surface area (Å²) < 4.78 is 9.66. The van der Waals surface area contributed by atoms with Crippen LogP contribution in [0.4, 0.5) is 5.69 Å². The van der Waals surface area contributed by atoms with Crippen LogP contribution in [0.3, 0.4) is 0 Å². The lowest BCUT2D eigenvalue weighted by Gasteiger charge is -2.23. The van der Waals surface area contributed by atoms with E-state index < -0.39 is 0 Å². The van der Waals surface area contributed by atoms with E-state index in [0.29, 0.717) is 25.3 Å². The minimum Gasteiger partial charge on any atom is -0.469 e. The standard InChI is InChI=1S/C16H24N2O4/c1-17(2)14-7-5-6-13(12-14)16(20)18(10-11-21-3)9-8-15(19)22-4/h5-7,12H,8-11H2,1-4H3. The fourth-order valence-corrected chi connectivity index (χ4v) is 1.94. The number of carbonyl (C=O) groups excluding carboxylic acids is 2. The molecule has 0 aromatic heterocycles. The van der Waals surface area contributed by atoms with Crippen LogP contribution in [0.25, 0.3) is 0 Å². The molecule has 0 bridgehead atoms. The van der Waals surface area contributed by atoms with E-state index in [1.54, 1.807) is 18.1 Å². The molecule has 6 heteroatoms. The van der Waals surface area contributed by atoms with Crippen molar-refractivity contribution in [1.29, 1.82) is 0 Å². The molecule has 0 aliphatic carbocycles. The van der Waals surface area contributed by atoms with Gasteiger partial charge in [0.2, 0.25) is 0 Å². The Labute approximate surface area is 131 Å². The van der Waals surface area contributed by atoms with Crippen molar-refractivity contribution < 1.29 is 19.1 Å². The molecule has 0 atom stereocenters. The van der Waals surface area contributed by atoms with Crippen LogP contribution in [0, 0.1) is 0 Å². The average Bonchev–Trinajstić information content (AvgIpc) is 2.54. The topological polar surface area (TPSA) is 59.1 Å². The van der Waals surface area contributed by atoms with Gasteiger partial charge in [-0.2, -0.15) is 0 Å². The van der Waals surface area contributed by atoms with E-state index in [1.807, 2.05) is 37.2 Å². The van der Waals surface area contributed by atoms with Crippen molar-refractivity contribution in [1.82, 2.24) is 4.90 Å². The first-order valence-corrected chi connectivity index (χ1v) is 7.12. The lowest BCUT2D eigenvalue weighted by molar-refractivity contribution is -0.140. The number of hydrogen-bond acceptors (Lipinski definition) is 5. The Balaban J connectivity index is 2.85. The molecule has 0 unspecified atom stereocenters. The monoisotopic (exact) mass is 308 g/mol. The van der Waals surface area contributed by atoms with Crippen LogP contribution >= 0.6 is 0 Å². The number of hydrogen-bond donors (Lipinski definition) is 0. The molecule has 1 rings (SSSR count). The van der Waals surface area contributed by atoms with Crippen molar-refractivity contribution in [3.8, 4) is 0 Å². The summed E-state index contributed by atoms with van der Waals surface area (Å²) in [7, 11) is 6.76. The molecule has 0 fully saturated rings. The molecule has 1 aromatic carbocycles. The first-order chi connectivity index (χ1) is 10.5. The summed E-state index contributed by atoms with van der Waals surface area (Å²) in [6.07, 6.45) is 0.166. The molecule has 0 heterocycles. The van der Waals surface area contributed by atoms with E-state index in [9.17, 15) is 9.59 Å². The molecule has 0 saturated carbocycles. The van der Waals surface area contributed by atoms with Gasteiger partial charge in [0.15, 0.2) is 0 Å². The third kappa shape index (κ3) is 5.37. The highest BCUT2D eigenvalue weighted by molar-refractivity contribution is 5.95. The number of ether oxygens (including phenoxy) is 2. The molecule has 22 heavy (non-hydrogen) atoms. The highest BCUT2D eigenvalue weighted by Crippen LogP contribution is 2.15. The molecule has 0 radical (unpaired) electrons. The number of anilines is 1. The summed E-state index contributed by atoms with van der Waals surface area (Å²) >= 11 is 0. The van der Waals surface area contributed by atoms with Crippen molar-refractivity contribution >= 4 is 17.6 Å². The molecular formula is C16H24N2O4. The lowest BCUT2D eigenvalue weighted by atomic mass is 10.1. The van der Waals surface area contributed by atoms with E-state index in [4.69, 9.17) is 4.74 Å². The first-order valence-electron chi connectivity index (χ1n) is 7.12. The Morgan fingerprint density at radius 1 is 1.14 bits per heavy atom. The van der Waals surface area contributed by atoms with E-state index >= 15 is 0 Å². The number of carbonyl (C=O) groups is 2. The Morgan fingerprint density at radius 2 is 1.86 bits per heavy atom. The lowest BCUT2D eigenvalue weighted by Crippen LogP contribution is -2.35. The maximum atomic E-state index is 12.6. The SMILES string of the molecule is COCCN(CCC(=O)OC)C(=O)c1cccc(N(C)C)c1. The van der Waals surface area contributed by atoms with Crippen LogP contribution in [0.1, 0.15) is 16.8 Å². The quantitative estimate of drug-likeness (QED) is 0.680. The van der Waals surface area contributed by atoms with Gasteiger partial charge >= 0.3 is 5.97 Å². The van der Waals surface area contributed by atoms with Gasteiger partial charge in [0, 0.05) is 45.5 Å². The highest BCUT2D eigenvalue weighted by atomic mass is 16.5. The van der Waals surface area contributed by atoms with Gasteiger partial charge in [0.05, 0.1) is 20.1 Å². The van der Waals surface area contributed by atoms with Crippen LogP contribution in [0.2, 0.25) is 0 Å². The fraction of sp³-hybridized carbons (Fsp3) is 0.500. The van der Waals surface area contributed by atoms with Gasteiger partial charge in [-0.3, -0.25) is 9.59 Å². The van der Waals surface area contributed by atoms with Gasteiger partial charge < -0.3 is 19.3 Å². The third-order valence-corrected chi connectivity index (χ3v) is 3.28. The van der Waals surface area contributed by atoms with Gasteiger partial charge in [0.25, 0.3) is 5.91 Å². The van der Waals surface area contributed by atoms with Gasteiger partial charge in [-0.25, -0.2) is 0 Å². The van der Waals surface area contributed by atoms with Crippen LogP contribution in [0.15, 0.2) is 24.3 Å². The molecule has 0 saturated heterocycles. The summed E-state index contributed by atoms with van der Waals surface area (Å²) in [5.74, 6) is -0.457. The minimum atomic E-state index is -0.336. The number of nitrogens with zero attached hydrogens (tertiary/aromatic N) is 2. The summed E-state index contributed by atoms with van der Waals surface area (Å²) in [5.41, 5.74) is 1.54. The summed E-state index contributed by atoms with van der Waals surface area (Å²) in [6.45, 7) is 1.15. The van der Waals surface area contributed by atoms with Crippen molar-refractivity contribution in [3.63, 3.8) is 0 Å². The maximum Gasteiger partial charge on any atom is 0.307 e. The van der Waals surface area contributed by atoms with E-state index in [2.05, 4.69) is 4.74 Å². The van der Waals surface area contributed by atoms with E-state index in [1.165, 1.54) is 7.11 Å². The highest BCUT2D eigenvalue weighted by Gasteiger charge is 2.17. The minimum absolute atomic E-state index is 0.121. The van der Waals surface area contributed by atoms with Crippen LogP contribution in [-0.2, 0) is 14.3 Å². The second kappa shape index (κ2) is 9.04. The Bertz CT molecular complexity index is 503. The van der Waals surface area contributed by atoms with E-state index in [-0.39, 0.29) is 18.3 Å². The van der Waals surface area contributed by atoms with Gasteiger partial charge in [0.1, 0.15) is 0 Å². The molecule has 0 N–H and O–H groups in total. The number of amides is 1. The zero-order valence-corrected chi connectivity index (χ0v) is 13.7.